The molecule has 1 aliphatic rings. The molecule has 0 radical (unpaired) electrons. The number of nitrogens with zero attached hydrogens (tertiary/aromatic N) is 4. The quantitative estimate of drug-likeness (QED) is 0.848. The van der Waals surface area contributed by atoms with Gasteiger partial charge in [-0.3, -0.25) is 4.79 Å². The number of piperazine rings is 1. The van der Waals surface area contributed by atoms with Crippen molar-refractivity contribution in [3.05, 3.63) is 40.9 Å². The monoisotopic (exact) mass is 357 g/mol. The van der Waals surface area contributed by atoms with Gasteiger partial charge in [-0.1, -0.05) is 11.2 Å². The molecule has 0 atom stereocenters. The van der Waals surface area contributed by atoms with Crippen molar-refractivity contribution in [2.24, 2.45) is 0 Å². The van der Waals surface area contributed by atoms with E-state index in [1.54, 1.807) is 0 Å². The number of aromatic nitrogens is 2. The van der Waals surface area contributed by atoms with Gasteiger partial charge in [0, 0.05) is 50.9 Å². The van der Waals surface area contributed by atoms with E-state index in [-0.39, 0.29) is 5.91 Å². The third-order valence-corrected chi connectivity index (χ3v) is 4.91. The summed E-state index contributed by atoms with van der Waals surface area (Å²) in [5, 5.41) is 6.87. The summed E-state index contributed by atoms with van der Waals surface area (Å²) in [5.74, 6) is 1.82. The molecule has 0 saturated carbocycles. The van der Waals surface area contributed by atoms with Crippen LogP contribution in [0.5, 0.6) is 0 Å². The number of hydrogen-bond donors (Lipinski definition) is 1. The van der Waals surface area contributed by atoms with E-state index >= 15 is 0 Å². The molecule has 0 unspecified atom stereocenters. The zero-order chi connectivity index (χ0) is 18.5. The van der Waals surface area contributed by atoms with Crippen molar-refractivity contribution in [3.63, 3.8) is 0 Å². The molecule has 3 rings (SSSR count). The van der Waals surface area contributed by atoms with Gasteiger partial charge in [-0.15, -0.1) is 0 Å². The van der Waals surface area contributed by atoms with Crippen molar-refractivity contribution in [2.75, 3.05) is 38.1 Å². The van der Waals surface area contributed by atoms with Crippen LogP contribution in [0.3, 0.4) is 0 Å². The van der Waals surface area contributed by atoms with E-state index in [1.165, 1.54) is 0 Å². The number of rotatable bonds is 6. The Labute approximate surface area is 154 Å². The summed E-state index contributed by atoms with van der Waals surface area (Å²) in [6.45, 7) is 8.40. The second-order valence-corrected chi connectivity index (χ2v) is 6.89. The maximum absolute atomic E-state index is 12.1. The summed E-state index contributed by atoms with van der Waals surface area (Å²) in [5.41, 5.74) is 2.89. The van der Waals surface area contributed by atoms with Crippen LogP contribution < -0.4 is 10.2 Å². The molecule has 2 aromatic rings. The smallest absolute Gasteiger partial charge is 0.220 e. The minimum atomic E-state index is 0.0214. The Hall–Kier alpha value is -2.41. The van der Waals surface area contributed by atoms with Gasteiger partial charge in [0.15, 0.2) is 0 Å². The topological polar surface area (TPSA) is 74.5 Å². The molecule has 140 valence electrons. The number of hydrogen-bond acceptors (Lipinski definition) is 6. The fraction of sp³-hybridized carbons (Fsp3) is 0.526. The number of nitrogens with one attached hydrogen (secondary N) is 1. The molecular formula is C19H27N5O2. The zero-order valence-electron chi connectivity index (χ0n) is 15.8. The molecule has 2 aromatic heterocycles. The Morgan fingerprint density at radius 1 is 1.23 bits per heavy atom. The summed E-state index contributed by atoms with van der Waals surface area (Å²) in [4.78, 5) is 21.3. The van der Waals surface area contributed by atoms with E-state index in [9.17, 15) is 4.79 Å². The zero-order valence-corrected chi connectivity index (χ0v) is 15.8. The number of anilines is 1. The lowest BCUT2D eigenvalue weighted by Crippen LogP contribution is -2.44. The van der Waals surface area contributed by atoms with Crippen LogP contribution >= 0.6 is 0 Å². The largest absolute Gasteiger partial charge is 0.361 e. The van der Waals surface area contributed by atoms with E-state index in [0.717, 1.165) is 54.6 Å². The lowest BCUT2D eigenvalue weighted by molar-refractivity contribution is -0.121. The van der Waals surface area contributed by atoms with Crippen molar-refractivity contribution in [1.82, 2.24) is 20.4 Å². The van der Waals surface area contributed by atoms with E-state index in [0.29, 0.717) is 19.4 Å². The van der Waals surface area contributed by atoms with Crippen molar-refractivity contribution in [2.45, 2.75) is 33.2 Å². The molecule has 0 spiro atoms. The van der Waals surface area contributed by atoms with Gasteiger partial charge in [0.1, 0.15) is 11.6 Å². The molecule has 7 heteroatoms. The molecular weight excluding hydrogens is 330 g/mol. The van der Waals surface area contributed by atoms with E-state index in [1.807, 2.05) is 32.2 Å². The Morgan fingerprint density at radius 2 is 2.00 bits per heavy atom. The molecule has 0 bridgehead atoms. The van der Waals surface area contributed by atoms with E-state index in [4.69, 9.17) is 4.52 Å². The summed E-state index contributed by atoms with van der Waals surface area (Å²) >= 11 is 0. The maximum Gasteiger partial charge on any atom is 0.220 e. The second-order valence-electron chi connectivity index (χ2n) is 6.89. The van der Waals surface area contributed by atoms with Gasteiger partial charge in [-0.2, -0.15) is 0 Å². The number of aryl methyl sites for hydroxylation is 2. The normalized spacial score (nSPS) is 15.3. The summed E-state index contributed by atoms with van der Waals surface area (Å²) in [6, 6.07) is 4.08. The number of carbonyl (C=O) groups excluding carboxylic acids is 1. The average Bonchev–Trinajstić information content (AvgIpc) is 2.97. The highest BCUT2D eigenvalue weighted by Crippen LogP contribution is 2.15. The van der Waals surface area contributed by atoms with Crippen LogP contribution in [0.2, 0.25) is 0 Å². The first kappa shape index (κ1) is 18.4. The van der Waals surface area contributed by atoms with Gasteiger partial charge < -0.3 is 19.6 Å². The van der Waals surface area contributed by atoms with Crippen LogP contribution in [0.25, 0.3) is 0 Å². The van der Waals surface area contributed by atoms with Crippen LogP contribution in [-0.4, -0.2) is 54.2 Å². The van der Waals surface area contributed by atoms with Crippen LogP contribution in [0.4, 0.5) is 5.82 Å². The lowest BCUT2D eigenvalue weighted by atomic mass is 10.1. The van der Waals surface area contributed by atoms with E-state index in [2.05, 4.69) is 32.3 Å². The van der Waals surface area contributed by atoms with Gasteiger partial charge in [0.2, 0.25) is 5.91 Å². The highest BCUT2D eigenvalue weighted by molar-refractivity contribution is 5.76. The molecule has 1 saturated heterocycles. The first-order valence-corrected chi connectivity index (χ1v) is 9.10. The van der Waals surface area contributed by atoms with Gasteiger partial charge >= 0.3 is 0 Å². The van der Waals surface area contributed by atoms with Crippen LogP contribution in [0.15, 0.2) is 22.9 Å². The maximum atomic E-state index is 12.1. The van der Waals surface area contributed by atoms with Gasteiger partial charge in [0.05, 0.1) is 5.69 Å². The minimum absolute atomic E-state index is 0.0214. The Kier molecular flexibility index (Phi) is 5.88. The van der Waals surface area contributed by atoms with E-state index < -0.39 is 0 Å². The highest BCUT2D eigenvalue weighted by Gasteiger charge is 2.15. The highest BCUT2D eigenvalue weighted by atomic mass is 16.5. The Bertz CT molecular complexity index is 713. The molecule has 1 aliphatic heterocycles. The molecule has 26 heavy (non-hydrogen) atoms. The number of amides is 1. The number of carbonyl (C=O) groups is 1. The second kappa shape index (κ2) is 8.31. The molecule has 3 heterocycles. The lowest BCUT2D eigenvalue weighted by Gasteiger charge is -2.33. The third kappa shape index (κ3) is 4.60. The predicted molar refractivity (Wildman–Crippen MR) is 100 cm³/mol. The molecule has 0 aliphatic carbocycles. The van der Waals surface area contributed by atoms with Gasteiger partial charge in [-0.25, -0.2) is 4.98 Å². The van der Waals surface area contributed by atoms with Crippen LogP contribution in [0, 0.1) is 13.8 Å². The van der Waals surface area contributed by atoms with Crippen molar-refractivity contribution < 1.29 is 9.32 Å². The number of pyridine rings is 1. The first-order chi connectivity index (χ1) is 12.5. The van der Waals surface area contributed by atoms with Crippen molar-refractivity contribution in [3.8, 4) is 0 Å². The molecule has 1 fully saturated rings. The van der Waals surface area contributed by atoms with Gasteiger partial charge in [-0.05, 0) is 38.9 Å². The number of likely N-dealkylation sites (N-methyl/N-ethyl adjacent to an activating group) is 1. The Balaban J connectivity index is 1.45. The summed E-state index contributed by atoms with van der Waals surface area (Å²) in [6.07, 6.45) is 2.92. The fourth-order valence-electron chi connectivity index (χ4n) is 3.13. The van der Waals surface area contributed by atoms with Crippen molar-refractivity contribution >= 4 is 11.7 Å². The fourth-order valence-corrected chi connectivity index (χ4v) is 3.13. The third-order valence-electron chi connectivity index (χ3n) is 4.91. The molecule has 7 nitrogen and oxygen atoms in total. The molecule has 0 aromatic carbocycles. The van der Waals surface area contributed by atoms with Crippen LogP contribution in [0.1, 0.15) is 29.0 Å². The summed E-state index contributed by atoms with van der Waals surface area (Å²) < 4.78 is 5.13. The van der Waals surface area contributed by atoms with Crippen LogP contribution in [-0.2, 0) is 17.8 Å². The SMILES string of the molecule is Cc1noc(C)c1CCC(=O)NCc1ccc(N2CCN(C)CC2)nc1. The van der Waals surface area contributed by atoms with Gasteiger partial charge in [0.25, 0.3) is 0 Å². The molecule has 1 amide bonds. The first-order valence-electron chi connectivity index (χ1n) is 9.10. The summed E-state index contributed by atoms with van der Waals surface area (Å²) in [7, 11) is 2.14. The predicted octanol–water partition coefficient (Wildman–Crippen LogP) is 1.69. The molecule has 1 N–H and O–H groups in total. The standard InChI is InChI=1S/C19H27N5O2/c1-14-17(15(2)26-22-14)5-7-19(25)21-13-16-4-6-18(20-12-16)24-10-8-23(3)9-11-24/h4,6,12H,5,7-11,13H2,1-3H3,(H,21,25). The minimum Gasteiger partial charge on any atom is -0.361 e. The van der Waals surface area contributed by atoms with Crippen molar-refractivity contribution in [1.29, 1.82) is 0 Å². The average molecular weight is 357 g/mol. The Morgan fingerprint density at radius 3 is 2.62 bits per heavy atom.